The lowest BCUT2D eigenvalue weighted by Gasteiger charge is -2.03. The van der Waals surface area contributed by atoms with Gasteiger partial charge in [0.25, 0.3) is 5.91 Å². The zero-order chi connectivity index (χ0) is 13.1. The van der Waals surface area contributed by atoms with Crippen molar-refractivity contribution in [1.82, 2.24) is 15.3 Å². The highest BCUT2D eigenvalue weighted by molar-refractivity contribution is 5.93. The number of carboxylic acid groups (broad SMARTS) is 1. The molecule has 6 heteroatoms. The Balaban J connectivity index is 1.91. The summed E-state index contributed by atoms with van der Waals surface area (Å²) in [4.78, 5) is 29.8. The number of aromatic carboxylic acids is 1. The van der Waals surface area contributed by atoms with Gasteiger partial charge in [-0.3, -0.25) is 4.79 Å². The van der Waals surface area contributed by atoms with Gasteiger partial charge in [0.1, 0.15) is 5.69 Å². The summed E-state index contributed by atoms with van der Waals surface area (Å²) in [5.41, 5.74) is -0.0102. The lowest BCUT2D eigenvalue weighted by molar-refractivity contribution is 0.0689. The van der Waals surface area contributed by atoms with E-state index < -0.39 is 5.97 Å². The van der Waals surface area contributed by atoms with Gasteiger partial charge in [-0.1, -0.05) is 13.3 Å². The van der Waals surface area contributed by atoms with Gasteiger partial charge in [-0.15, -0.1) is 0 Å². The van der Waals surface area contributed by atoms with Crippen molar-refractivity contribution in [2.24, 2.45) is 5.92 Å². The molecule has 1 aliphatic carbocycles. The second kappa shape index (κ2) is 5.12. The van der Waals surface area contributed by atoms with Gasteiger partial charge in [0.05, 0.1) is 12.4 Å². The number of carboxylic acids is 1. The fraction of sp³-hybridized carbons (Fsp3) is 0.500. The number of carbonyl (C=O) groups excluding carboxylic acids is 1. The van der Waals surface area contributed by atoms with Crippen LogP contribution in [0.15, 0.2) is 12.4 Å². The summed E-state index contributed by atoms with van der Waals surface area (Å²) < 4.78 is 0. The first-order valence-corrected chi connectivity index (χ1v) is 5.98. The molecule has 1 fully saturated rings. The number of nitrogens with one attached hydrogen (secondary N) is 1. The van der Waals surface area contributed by atoms with E-state index in [2.05, 4.69) is 22.2 Å². The maximum Gasteiger partial charge on any atom is 0.356 e. The van der Waals surface area contributed by atoms with Crippen LogP contribution in [0.4, 0.5) is 0 Å². The van der Waals surface area contributed by atoms with E-state index in [9.17, 15) is 9.59 Å². The Morgan fingerprint density at radius 2 is 2.06 bits per heavy atom. The van der Waals surface area contributed by atoms with Crippen LogP contribution in [0.25, 0.3) is 0 Å². The van der Waals surface area contributed by atoms with E-state index in [-0.39, 0.29) is 23.3 Å². The fourth-order valence-electron chi connectivity index (χ4n) is 1.91. The fourth-order valence-corrected chi connectivity index (χ4v) is 1.91. The van der Waals surface area contributed by atoms with Crippen LogP contribution in [0.5, 0.6) is 0 Å². The molecular formula is C12H15N3O3. The average molecular weight is 249 g/mol. The quantitative estimate of drug-likeness (QED) is 0.815. The first kappa shape index (κ1) is 12.5. The minimum Gasteiger partial charge on any atom is -0.476 e. The summed E-state index contributed by atoms with van der Waals surface area (Å²) in [6.07, 6.45) is 5.53. The van der Waals surface area contributed by atoms with Crippen LogP contribution in [0.2, 0.25) is 0 Å². The maximum absolute atomic E-state index is 11.8. The van der Waals surface area contributed by atoms with Crippen molar-refractivity contribution in [3.8, 4) is 0 Å². The van der Waals surface area contributed by atoms with E-state index in [1.54, 1.807) is 0 Å². The van der Waals surface area contributed by atoms with Crippen LogP contribution in [0.3, 0.4) is 0 Å². The molecule has 1 amide bonds. The van der Waals surface area contributed by atoms with E-state index in [1.165, 1.54) is 6.20 Å². The molecule has 18 heavy (non-hydrogen) atoms. The maximum atomic E-state index is 11.8. The van der Waals surface area contributed by atoms with Crippen LogP contribution in [-0.4, -0.2) is 33.0 Å². The van der Waals surface area contributed by atoms with Gasteiger partial charge in [-0.05, 0) is 18.8 Å². The zero-order valence-corrected chi connectivity index (χ0v) is 10.1. The number of hydrogen-bond acceptors (Lipinski definition) is 4. The van der Waals surface area contributed by atoms with Crippen LogP contribution in [-0.2, 0) is 0 Å². The van der Waals surface area contributed by atoms with Gasteiger partial charge >= 0.3 is 5.97 Å². The Hall–Kier alpha value is -1.98. The second-order valence-electron chi connectivity index (χ2n) is 4.46. The van der Waals surface area contributed by atoms with Gasteiger partial charge < -0.3 is 10.4 Å². The minimum absolute atomic E-state index is 0.155. The molecule has 1 heterocycles. The Labute approximate surface area is 104 Å². The summed E-state index contributed by atoms with van der Waals surface area (Å²) in [7, 11) is 0. The molecular weight excluding hydrogens is 234 g/mol. The van der Waals surface area contributed by atoms with E-state index in [0.29, 0.717) is 5.92 Å². The van der Waals surface area contributed by atoms with Crippen molar-refractivity contribution in [3.05, 3.63) is 23.8 Å². The monoisotopic (exact) mass is 249 g/mol. The molecule has 0 radical (unpaired) electrons. The van der Waals surface area contributed by atoms with E-state index in [0.717, 1.165) is 25.5 Å². The molecule has 1 saturated carbocycles. The van der Waals surface area contributed by atoms with Gasteiger partial charge in [0.15, 0.2) is 5.69 Å². The molecule has 1 aromatic heterocycles. The number of hydrogen-bond donors (Lipinski definition) is 2. The lowest BCUT2D eigenvalue weighted by Crippen LogP contribution is -2.28. The largest absolute Gasteiger partial charge is 0.476 e. The third kappa shape index (κ3) is 2.82. The normalized spacial score (nSPS) is 21.4. The number of aromatic nitrogens is 2. The molecule has 96 valence electrons. The van der Waals surface area contributed by atoms with Gasteiger partial charge in [-0.25, -0.2) is 14.8 Å². The molecule has 2 atom stereocenters. The predicted molar refractivity (Wildman–Crippen MR) is 63.3 cm³/mol. The second-order valence-corrected chi connectivity index (χ2v) is 4.46. The third-order valence-corrected chi connectivity index (χ3v) is 3.00. The van der Waals surface area contributed by atoms with Gasteiger partial charge in [-0.2, -0.15) is 0 Å². The average Bonchev–Trinajstić information content (AvgIpc) is 3.08. The molecule has 0 spiro atoms. The molecule has 2 unspecified atom stereocenters. The first-order valence-electron chi connectivity index (χ1n) is 5.98. The van der Waals surface area contributed by atoms with Crippen LogP contribution >= 0.6 is 0 Å². The standard InChI is InChI=1S/C12H15N3O3/c1-2-3-7-4-8(7)15-11(16)9-5-14-10(6-13-9)12(17)18/h5-8H,2-4H2,1H3,(H,15,16)(H,17,18). The molecule has 6 nitrogen and oxygen atoms in total. The summed E-state index contributed by atoms with van der Waals surface area (Å²) in [5, 5.41) is 11.5. The van der Waals surface area contributed by atoms with E-state index in [4.69, 9.17) is 5.11 Å². The summed E-state index contributed by atoms with van der Waals surface area (Å²) in [5.74, 6) is -0.868. The number of carbonyl (C=O) groups is 2. The van der Waals surface area contributed by atoms with Crippen molar-refractivity contribution >= 4 is 11.9 Å². The van der Waals surface area contributed by atoms with Crippen molar-refractivity contribution in [2.45, 2.75) is 32.2 Å². The first-order chi connectivity index (χ1) is 8.61. The number of amides is 1. The zero-order valence-electron chi connectivity index (χ0n) is 10.1. The SMILES string of the molecule is CCCC1CC1NC(=O)c1cnc(C(=O)O)cn1. The minimum atomic E-state index is -1.15. The van der Waals surface area contributed by atoms with Crippen molar-refractivity contribution < 1.29 is 14.7 Å². The third-order valence-electron chi connectivity index (χ3n) is 3.00. The van der Waals surface area contributed by atoms with Crippen LogP contribution in [0, 0.1) is 5.92 Å². The van der Waals surface area contributed by atoms with Gasteiger partial charge in [0, 0.05) is 6.04 Å². The number of rotatable bonds is 5. The molecule has 1 aromatic rings. The van der Waals surface area contributed by atoms with Crippen LogP contribution in [0.1, 0.15) is 47.2 Å². The Morgan fingerprint density at radius 1 is 1.39 bits per heavy atom. The smallest absolute Gasteiger partial charge is 0.356 e. The Kier molecular flexibility index (Phi) is 3.55. The summed E-state index contributed by atoms with van der Waals surface area (Å²) in [6, 6.07) is 0.235. The molecule has 0 bridgehead atoms. The van der Waals surface area contributed by atoms with Crippen LogP contribution < -0.4 is 5.32 Å². The predicted octanol–water partition coefficient (Wildman–Crippen LogP) is 1.09. The topological polar surface area (TPSA) is 92.2 Å². The Bertz CT molecular complexity index is 458. The molecule has 2 rings (SSSR count). The summed E-state index contributed by atoms with van der Waals surface area (Å²) >= 11 is 0. The number of nitrogens with zero attached hydrogens (tertiary/aromatic N) is 2. The summed E-state index contributed by atoms with van der Waals surface area (Å²) in [6.45, 7) is 2.12. The molecule has 2 N–H and O–H groups in total. The molecule has 1 aliphatic rings. The van der Waals surface area contributed by atoms with Crippen molar-refractivity contribution in [2.75, 3.05) is 0 Å². The lowest BCUT2D eigenvalue weighted by atomic mass is 10.2. The highest BCUT2D eigenvalue weighted by Gasteiger charge is 2.37. The highest BCUT2D eigenvalue weighted by Crippen LogP contribution is 2.34. The van der Waals surface area contributed by atoms with E-state index in [1.807, 2.05) is 0 Å². The molecule has 0 aromatic carbocycles. The molecule has 0 aliphatic heterocycles. The highest BCUT2D eigenvalue weighted by atomic mass is 16.4. The van der Waals surface area contributed by atoms with E-state index >= 15 is 0 Å². The Morgan fingerprint density at radius 3 is 2.61 bits per heavy atom. The van der Waals surface area contributed by atoms with Crippen molar-refractivity contribution in [3.63, 3.8) is 0 Å². The van der Waals surface area contributed by atoms with Gasteiger partial charge in [0.2, 0.25) is 0 Å². The molecule has 0 saturated heterocycles. The van der Waals surface area contributed by atoms with Crippen molar-refractivity contribution in [1.29, 1.82) is 0 Å².